The van der Waals surface area contributed by atoms with Crippen LogP contribution < -0.4 is 10.2 Å². The molecule has 0 fully saturated rings. The van der Waals surface area contributed by atoms with Crippen molar-refractivity contribution in [2.75, 3.05) is 40.9 Å². The van der Waals surface area contributed by atoms with E-state index in [1.807, 2.05) is 27.2 Å². The second-order valence-corrected chi connectivity index (χ2v) is 21.7. The minimum Gasteiger partial charge on any atom is -0.756 e. The first-order valence-electron chi connectivity index (χ1n) is 27.7. The summed E-state index contributed by atoms with van der Waals surface area (Å²) in [5, 5.41) is 13.8. The van der Waals surface area contributed by atoms with Gasteiger partial charge in [0.2, 0.25) is 5.91 Å². The molecule has 2 N–H and O–H groups in total. The average Bonchev–Trinajstić information content (AvgIpc) is 3.25. The van der Waals surface area contributed by atoms with Crippen LogP contribution >= 0.6 is 7.82 Å². The number of likely N-dealkylation sites (N-methyl/N-ethyl adjacent to an activating group) is 1. The molecule has 3 atom stereocenters. The van der Waals surface area contributed by atoms with Crippen LogP contribution in [0.4, 0.5) is 0 Å². The quantitative estimate of drug-likeness (QED) is 0.0272. The van der Waals surface area contributed by atoms with Gasteiger partial charge in [0, 0.05) is 6.42 Å². The molecule has 0 aromatic heterocycles. The molecule has 0 radical (unpaired) electrons. The molecule has 9 heteroatoms. The number of phosphoric acid groups is 1. The van der Waals surface area contributed by atoms with Gasteiger partial charge in [-0.05, 0) is 44.9 Å². The van der Waals surface area contributed by atoms with Gasteiger partial charge in [-0.2, -0.15) is 0 Å². The standard InChI is InChI=1S/C55H109N2O6P/c1-6-8-10-12-14-16-18-19-20-21-22-23-24-25-26-27-28-29-30-31-32-33-34-35-36-37-39-41-43-45-47-49-55(59)56-53(52-63-64(60,61)62-51-50-57(3,4)5)54(58)48-46-44-42-40-38-17-15-13-11-9-7-2/h21-22,46,48,53-54,58H,6-20,23-45,47,49-52H2,1-5H3,(H-,56,59,60,61)/b22-21-,48-46+. The van der Waals surface area contributed by atoms with Gasteiger partial charge in [0.15, 0.2) is 0 Å². The van der Waals surface area contributed by atoms with Crippen molar-refractivity contribution in [3.63, 3.8) is 0 Å². The van der Waals surface area contributed by atoms with Gasteiger partial charge in [-0.25, -0.2) is 0 Å². The van der Waals surface area contributed by atoms with Crippen LogP contribution in [0.3, 0.4) is 0 Å². The molecule has 0 rings (SSSR count). The van der Waals surface area contributed by atoms with Crippen LogP contribution in [0.5, 0.6) is 0 Å². The summed E-state index contributed by atoms with van der Waals surface area (Å²) in [5.41, 5.74) is 0. The number of aliphatic hydroxyl groups excluding tert-OH is 1. The molecule has 0 aromatic carbocycles. The van der Waals surface area contributed by atoms with Crippen LogP contribution in [0.25, 0.3) is 0 Å². The van der Waals surface area contributed by atoms with Gasteiger partial charge in [-0.3, -0.25) is 9.36 Å². The van der Waals surface area contributed by atoms with Crippen molar-refractivity contribution < 1.29 is 32.9 Å². The number of carbonyl (C=O) groups is 1. The van der Waals surface area contributed by atoms with Crippen LogP contribution in [0.2, 0.25) is 0 Å². The lowest BCUT2D eigenvalue weighted by molar-refractivity contribution is -0.870. The summed E-state index contributed by atoms with van der Waals surface area (Å²) in [6.45, 7) is 4.65. The number of hydrogen-bond acceptors (Lipinski definition) is 6. The average molecular weight is 925 g/mol. The van der Waals surface area contributed by atoms with Crippen molar-refractivity contribution in [1.29, 1.82) is 0 Å². The number of quaternary nitrogens is 1. The van der Waals surface area contributed by atoms with Gasteiger partial charge in [0.1, 0.15) is 13.2 Å². The number of phosphoric ester groups is 1. The van der Waals surface area contributed by atoms with E-state index in [-0.39, 0.29) is 19.1 Å². The van der Waals surface area contributed by atoms with Gasteiger partial charge in [-0.15, -0.1) is 0 Å². The first-order chi connectivity index (χ1) is 31.0. The Morgan fingerprint density at radius 2 is 0.859 bits per heavy atom. The maximum atomic E-state index is 12.9. The lowest BCUT2D eigenvalue weighted by Gasteiger charge is -2.29. The summed E-state index contributed by atoms with van der Waals surface area (Å²) in [4.78, 5) is 25.4. The lowest BCUT2D eigenvalue weighted by Crippen LogP contribution is -2.45. The van der Waals surface area contributed by atoms with Crippen LogP contribution in [0, 0.1) is 0 Å². The van der Waals surface area contributed by atoms with Crippen molar-refractivity contribution in [3.8, 4) is 0 Å². The molecule has 0 aliphatic heterocycles. The largest absolute Gasteiger partial charge is 0.756 e. The number of unbranched alkanes of at least 4 members (excludes halogenated alkanes) is 36. The van der Waals surface area contributed by atoms with E-state index in [0.717, 1.165) is 38.5 Å². The zero-order chi connectivity index (χ0) is 47.1. The van der Waals surface area contributed by atoms with E-state index in [2.05, 4.69) is 31.3 Å². The van der Waals surface area contributed by atoms with Gasteiger partial charge in [0.25, 0.3) is 7.82 Å². The van der Waals surface area contributed by atoms with Gasteiger partial charge >= 0.3 is 0 Å². The predicted octanol–water partition coefficient (Wildman–Crippen LogP) is 15.8. The van der Waals surface area contributed by atoms with Crippen LogP contribution in [0.15, 0.2) is 24.3 Å². The molecule has 0 spiro atoms. The molecule has 0 heterocycles. The van der Waals surface area contributed by atoms with E-state index >= 15 is 0 Å². The number of hydrogen-bond donors (Lipinski definition) is 2. The zero-order valence-corrected chi connectivity index (χ0v) is 44.1. The third-order valence-electron chi connectivity index (χ3n) is 12.7. The Morgan fingerprint density at radius 1 is 0.531 bits per heavy atom. The van der Waals surface area contributed by atoms with Crippen LogP contribution in [-0.2, 0) is 18.4 Å². The highest BCUT2D eigenvalue weighted by molar-refractivity contribution is 7.45. The van der Waals surface area contributed by atoms with Crippen molar-refractivity contribution >= 4 is 13.7 Å². The van der Waals surface area contributed by atoms with Gasteiger partial charge < -0.3 is 28.8 Å². The summed E-state index contributed by atoms with van der Waals surface area (Å²) in [5.74, 6) is -0.194. The highest BCUT2D eigenvalue weighted by atomic mass is 31.2. The Morgan fingerprint density at radius 3 is 1.22 bits per heavy atom. The van der Waals surface area contributed by atoms with Gasteiger partial charge in [-0.1, -0.05) is 244 Å². The number of aliphatic hydroxyl groups is 1. The highest BCUT2D eigenvalue weighted by Crippen LogP contribution is 2.38. The normalized spacial score (nSPS) is 14.2. The van der Waals surface area contributed by atoms with Gasteiger partial charge in [0.05, 0.1) is 39.9 Å². The number of rotatable bonds is 51. The number of nitrogens with zero attached hydrogens (tertiary/aromatic N) is 1. The van der Waals surface area contributed by atoms with E-state index in [1.165, 1.54) is 212 Å². The molecule has 64 heavy (non-hydrogen) atoms. The second-order valence-electron chi connectivity index (χ2n) is 20.3. The summed E-state index contributed by atoms with van der Waals surface area (Å²) in [7, 11) is 1.27. The van der Waals surface area contributed by atoms with Crippen LogP contribution in [-0.4, -0.2) is 68.5 Å². The fourth-order valence-corrected chi connectivity index (χ4v) is 8.99. The maximum Gasteiger partial charge on any atom is 0.268 e. The lowest BCUT2D eigenvalue weighted by atomic mass is 10.0. The molecule has 3 unspecified atom stereocenters. The molecule has 0 aliphatic rings. The second kappa shape index (κ2) is 47.1. The Labute approximate surface area is 398 Å². The molecule has 380 valence electrons. The molecule has 0 bridgehead atoms. The number of carbonyl (C=O) groups excluding carboxylic acids is 1. The van der Waals surface area contributed by atoms with Crippen LogP contribution in [0.1, 0.15) is 271 Å². The maximum absolute atomic E-state index is 12.9. The smallest absolute Gasteiger partial charge is 0.268 e. The Bertz CT molecular complexity index is 1090. The monoisotopic (exact) mass is 925 g/mol. The summed E-state index contributed by atoms with van der Waals surface area (Å²) in [6, 6.07) is -0.882. The van der Waals surface area contributed by atoms with Crippen molar-refractivity contribution in [2.45, 2.75) is 283 Å². The fraction of sp³-hybridized carbons (Fsp3) is 0.909. The fourth-order valence-electron chi connectivity index (χ4n) is 8.27. The van der Waals surface area contributed by atoms with E-state index in [4.69, 9.17) is 9.05 Å². The molecule has 0 saturated carbocycles. The Hall–Kier alpha value is -1.02. The SMILES string of the molecule is CCCCCCCCCC/C=C\CCCCCCCCCCCCCCCCCCCCCC(=O)NC(COP(=O)([O-])OCC[N+](C)(C)C)C(O)/C=C/CCCCCCCCCCC. The third-order valence-corrected chi connectivity index (χ3v) is 13.6. The summed E-state index contributed by atoms with van der Waals surface area (Å²) in [6.07, 6.45) is 58.4. The van der Waals surface area contributed by atoms with Crippen molar-refractivity contribution in [3.05, 3.63) is 24.3 Å². The minimum atomic E-state index is -4.59. The molecule has 0 saturated heterocycles. The highest BCUT2D eigenvalue weighted by Gasteiger charge is 2.23. The van der Waals surface area contributed by atoms with E-state index in [1.54, 1.807) is 6.08 Å². The molecule has 0 aromatic rings. The summed E-state index contributed by atoms with van der Waals surface area (Å²) < 4.78 is 23.2. The number of nitrogens with one attached hydrogen (secondary N) is 1. The van der Waals surface area contributed by atoms with E-state index in [9.17, 15) is 19.4 Å². The molecule has 8 nitrogen and oxygen atoms in total. The first-order valence-corrected chi connectivity index (χ1v) is 29.2. The first kappa shape index (κ1) is 63.0. The number of allylic oxidation sites excluding steroid dienone is 3. The summed E-state index contributed by atoms with van der Waals surface area (Å²) >= 11 is 0. The third kappa shape index (κ3) is 48.9. The molecular weight excluding hydrogens is 816 g/mol. The topological polar surface area (TPSA) is 108 Å². The minimum absolute atomic E-state index is 0.00111. The van der Waals surface area contributed by atoms with Crippen molar-refractivity contribution in [2.24, 2.45) is 0 Å². The van der Waals surface area contributed by atoms with E-state index in [0.29, 0.717) is 17.4 Å². The Kier molecular flexibility index (Phi) is 46.3. The number of amides is 1. The Balaban J connectivity index is 3.98. The molecular formula is C55H109N2O6P. The van der Waals surface area contributed by atoms with Crippen molar-refractivity contribution in [1.82, 2.24) is 5.32 Å². The molecule has 0 aliphatic carbocycles. The zero-order valence-electron chi connectivity index (χ0n) is 43.3. The molecule has 1 amide bonds. The van der Waals surface area contributed by atoms with E-state index < -0.39 is 20.0 Å². The predicted molar refractivity (Wildman–Crippen MR) is 275 cm³/mol.